The van der Waals surface area contributed by atoms with E-state index in [4.69, 9.17) is 0 Å². The van der Waals surface area contributed by atoms with Crippen molar-refractivity contribution < 1.29 is 4.79 Å². The minimum absolute atomic E-state index is 0.0817. The summed E-state index contributed by atoms with van der Waals surface area (Å²) in [7, 11) is 0. The number of hydrogen-bond acceptors (Lipinski definition) is 5. The van der Waals surface area contributed by atoms with Crippen LogP contribution in [0, 0.1) is 13.8 Å². The van der Waals surface area contributed by atoms with Crippen molar-refractivity contribution in [2.45, 2.75) is 20.4 Å². The Morgan fingerprint density at radius 3 is 3.00 bits per heavy atom. The van der Waals surface area contributed by atoms with E-state index >= 15 is 0 Å². The molecule has 0 radical (unpaired) electrons. The molecule has 3 aromatic heterocycles. The van der Waals surface area contributed by atoms with Gasteiger partial charge in [-0.05, 0) is 25.3 Å². The van der Waals surface area contributed by atoms with Gasteiger partial charge in [-0.3, -0.25) is 19.3 Å². The second-order valence-corrected chi connectivity index (χ2v) is 5.57. The van der Waals surface area contributed by atoms with E-state index in [0.717, 1.165) is 5.69 Å². The summed E-state index contributed by atoms with van der Waals surface area (Å²) < 4.78 is 1.30. The molecule has 21 heavy (non-hydrogen) atoms. The normalized spacial score (nSPS) is 11.0. The van der Waals surface area contributed by atoms with Gasteiger partial charge in [0, 0.05) is 0 Å². The minimum atomic E-state index is -0.291. The summed E-state index contributed by atoms with van der Waals surface area (Å²) in [6, 6.07) is 1.72. The number of carbonyl (C=O) groups excluding carboxylic acids is 1. The van der Waals surface area contributed by atoms with Crippen molar-refractivity contribution in [2.75, 3.05) is 5.32 Å². The zero-order valence-corrected chi connectivity index (χ0v) is 12.3. The van der Waals surface area contributed by atoms with Crippen LogP contribution >= 0.6 is 11.3 Å². The molecule has 0 bridgehead atoms. The van der Waals surface area contributed by atoms with Gasteiger partial charge in [0.1, 0.15) is 11.4 Å². The molecular formula is C13H13N5O2S. The number of aromatic amines is 1. The lowest BCUT2D eigenvalue weighted by Gasteiger charge is -2.07. The summed E-state index contributed by atoms with van der Waals surface area (Å²) in [5.41, 5.74) is 1.92. The van der Waals surface area contributed by atoms with Crippen molar-refractivity contribution in [1.29, 1.82) is 0 Å². The molecule has 0 spiro atoms. The van der Waals surface area contributed by atoms with Gasteiger partial charge in [-0.25, -0.2) is 4.98 Å². The number of aryl methyl sites for hydroxylation is 2. The predicted molar refractivity (Wildman–Crippen MR) is 80.6 cm³/mol. The Labute approximate surface area is 123 Å². The van der Waals surface area contributed by atoms with Crippen molar-refractivity contribution in [2.24, 2.45) is 0 Å². The first kappa shape index (κ1) is 13.5. The van der Waals surface area contributed by atoms with Crippen molar-refractivity contribution >= 4 is 33.1 Å². The Kier molecular flexibility index (Phi) is 3.30. The standard InChI is InChI=1S/C13H13N5O2S/c1-7-11(8(2)17-16-7)15-10(19)5-18-6-14-12-9(13(18)20)3-4-21-12/h3-4,6H,5H2,1-2H3,(H,15,19)(H,16,17). The molecule has 0 atom stereocenters. The average molecular weight is 303 g/mol. The third kappa shape index (κ3) is 2.45. The van der Waals surface area contributed by atoms with E-state index in [-0.39, 0.29) is 18.0 Å². The fourth-order valence-corrected chi connectivity index (χ4v) is 2.80. The number of anilines is 1. The maximum absolute atomic E-state index is 12.2. The highest BCUT2D eigenvalue weighted by Gasteiger charge is 2.12. The molecule has 108 valence electrons. The van der Waals surface area contributed by atoms with E-state index in [1.54, 1.807) is 13.0 Å². The lowest BCUT2D eigenvalue weighted by Crippen LogP contribution is -2.27. The lowest BCUT2D eigenvalue weighted by atomic mass is 10.3. The van der Waals surface area contributed by atoms with Crippen LogP contribution in [0.15, 0.2) is 22.6 Å². The number of H-pyrrole nitrogens is 1. The van der Waals surface area contributed by atoms with E-state index in [1.807, 2.05) is 12.3 Å². The van der Waals surface area contributed by atoms with Gasteiger partial charge in [-0.1, -0.05) is 0 Å². The summed E-state index contributed by atoms with van der Waals surface area (Å²) >= 11 is 1.40. The number of fused-ring (bicyclic) bond motifs is 1. The third-order valence-corrected chi connectivity index (χ3v) is 3.98. The van der Waals surface area contributed by atoms with Crippen LogP contribution in [-0.2, 0) is 11.3 Å². The predicted octanol–water partition coefficient (Wildman–Crippen LogP) is 1.44. The van der Waals surface area contributed by atoms with Crippen LogP contribution < -0.4 is 10.9 Å². The van der Waals surface area contributed by atoms with E-state index < -0.39 is 0 Å². The molecule has 0 aromatic carbocycles. The first-order valence-electron chi connectivity index (χ1n) is 6.30. The molecule has 8 heteroatoms. The average Bonchev–Trinajstić information content (AvgIpc) is 3.04. The summed E-state index contributed by atoms with van der Waals surface area (Å²) in [6.07, 6.45) is 1.40. The first-order valence-corrected chi connectivity index (χ1v) is 7.18. The van der Waals surface area contributed by atoms with Gasteiger partial charge >= 0.3 is 0 Å². The van der Waals surface area contributed by atoms with Crippen LogP contribution in [0.4, 0.5) is 5.69 Å². The van der Waals surface area contributed by atoms with Crippen molar-refractivity contribution in [3.63, 3.8) is 0 Å². The Hall–Kier alpha value is -2.48. The number of amides is 1. The SMILES string of the molecule is Cc1n[nH]c(C)c1NC(=O)Cn1cnc2sccc2c1=O. The van der Waals surface area contributed by atoms with Crippen LogP contribution in [0.3, 0.4) is 0 Å². The molecule has 0 aliphatic heterocycles. The van der Waals surface area contributed by atoms with Crippen molar-refractivity contribution in [1.82, 2.24) is 19.7 Å². The van der Waals surface area contributed by atoms with Gasteiger partial charge < -0.3 is 5.32 Å². The van der Waals surface area contributed by atoms with Crippen LogP contribution in [0.1, 0.15) is 11.4 Å². The second kappa shape index (κ2) is 5.13. The number of aromatic nitrogens is 4. The van der Waals surface area contributed by atoms with Crippen LogP contribution in [0.25, 0.3) is 10.2 Å². The Balaban J connectivity index is 1.83. The highest BCUT2D eigenvalue weighted by molar-refractivity contribution is 7.16. The van der Waals surface area contributed by atoms with E-state index in [0.29, 0.717) is 21.6 Å². The fourth-order valence-electron chi connectivity index (χ4n) is 2.07. The molecule has 2 N–H and O–H groups in total. The molecule has 0 aliphatic rings. The van der Waals surface area contributed by atoms with Crippen molar-refractivity contribution in [3.8, 4) is 0 Å². The zero-order valence-electron chi connectivity index (χ0n) is 11.5. The number of hydrogen-bond donors (Lipinski definition) is 2. The number of thiophene rings is 1. The first-order chi connectivity index (χ1) is 10.1. The molecule has 3 rings (SSSR count). The van der Waals surface area contributed by atoms with Gasteiger partial charge in [0.15, 0.2) is 0 Å². The van der Waals surface area contributed by atoms with E-state index in [2.05, 4.69) is 20.5 Å². The summed E-state index contributed by atoms with van der Waals surface area (Å²) in [4.78, 5) is 29.1. The van der Waals surface area contributed by atoms with Gasteiger partial charge in [0.05, 0.1) is 28.8 Å². The molecule has 0 aliphatic carbocycles. The smallest absolute Gasteiger partial charge is 0.262 e. The van der Waals surface area contributed by atoms with E-state index in [9.17, 15) is 9.59 Å². The number of rotatable bonds is 3. The summed E-state index contributed by atoms with van der Waals surface area (Å²) in [6.45, 7) is 3.53. The zero-order chi connectivity index (χ0) is 15.0. The molecule has 3 heterocycles. The Morgan fingerprint density at radius 2 is 2.29 bits per heavy atom. The van der Waals surface area contributed by atoms with Gasteiger partial charge in [0.2, 0.25) is 5.91 Å². The monoisotopic (exact) mass is 303 g/mol. The summed E-state index contributed by atoms with van der Waals surface area (Å²) in [5.74, 6) is -0.291. The molecule has 3 aromatic rings. The molecule has 0 unspecified atom stereocenters. The van der Waals surface area contributed by atoms with Crippen molar-refractivity contribution in [3.05, 3.63) is 39.5 Å². The molecule has 0 fully saturated rings. The van der Waals surface area contributed by atoms with Gasteiger partial charge in [-0.2, -0.15) is 5.10 Å². The van der Waals surface area contributed by atoms with Gasteiger partial charge in [0.25, 0.3) is 5.56 Å². The maximum Gasteiger partial charge on any atom is 0.262 e. The molecular weight excluding hydrogens is 290 g/mol. The highest BCUT2D eigenvalue weighted by atomic mass is 32.1. The highest BCUT2D eigenvalue weighted by Crippen LogP contribution is 2.16. The van der Waals surface area contributed by atoms with Crippen LogP contribution in [-0.4, -0.2) is 25.7 Å². The number of nitrogens with zero attached hydrogens (tertiary/aromatic N) is 3. The Bertz CT molecular complexity index is 857. The van der Waals surface area contributed by atoms with Crippen LogP contribution in [0.2, 0.25) is 0 Å². The maximum atomic E-state index is 12.2. The van der Waals surface area contributed by atoms with Gasteiger partial charge in [-0.15, -0.1) is 11.3 Å². The Morgan fingerprint density at radius 1 is 1.48 bits per heavy atom. The topological polar surface area (TPSA) is 92.7 Å². The molecule has 0 saturated heterocycles. The number of nitrogens with one attached hydrogen (secondary N) is 2. The van der Waals surface area contributed by atoms with Crippen LogP contribution in [0.5, 0.6) is 0 Å². The largest absolute Gasteiger partial charge is 0.321 e. The second-order valence-electron chi connectivity index (χ2n) is 4.67. The fraction of sp³-hybridized carbons (Fsp3) is 0.231. The lowest BCUT2D eigenvalue weighted by molar-refractivity contribution is -0.116. The van der Waals surface area contributed by atoms with E-state index in [1.165, 1.54) is 22.2 Å². The quantitative estimate of drug-likeness (QED) is 0.765. The number of carbonyl (C=O) groups is 1. The minimum Gasteiger partial charge on any atom is -0.321 e. The third-order valence-electron chi connectivity index (χ3n) is 3.16. The molecule has 1 amide bonds. The molecule has 0 saturated carbocycles. The molecule has 7 nitrogen and oxygen atoms in total. The summed E-state index contributed by atoms with van der Waals surface area (Å²) in [5, 5.41) is 11.9.